The van der Waals surface area contributed by atoms with Crippen LogP contribution in [0, 0.1) is 5.41 Å². The van der Waals surface area contributed by atoms with Crippen molar-refractivity contribution in [2.45, 2.75) is 20.8 Å². The fourth-order valence-corrected chi connectivity index (χ4v) is 1.48. The standard InChI is InChI=1S/C12H20N2/c1-12(2,3)10-6-5-8-14-11(10)7-9-13-4/h5-8,13-14H,9H2,1-4H3/b11-7-. The summed E-state index contributed by atoms with van der Waals surface area (Å²) in [6.45, 7) is 7.58. The molecular weight excluding hydrogens is 172 g/mol. The molecule has 0 saturated carbocycles. The van der Waals surface area contributed by atoms with E-state index in [2.05, 4.69) is 49.6 Å². The lowest BCUT2D eigenvalue weighted by Gasteiger charge is -2.27. The van der Waals surface area contributed by atoms with E-state index < -0.39 is 0 Å². The molecule has 0 aromatic heterocycles. The Hall–Kier alpha value is -1.02. The van der Waals surface area contributed by atoms with Gasteiger partial charge in [-0.25, -0.2) is 0 Å². The second-order valence-electron chi connectivity index (χ2n) is 4.51. The van der Waals surface area contributed by atoms with Crippen molar-refractivity contribution < 1.29 is 0 Å². The highest BCUT2D eigenvalue weighted by molar-refractivity contribution is 5.40. The molecule has 2 N–H and O–H groups in total. The predicted molar refractivity (Wildman–Crippen MR) is 61.8 cm³/mol. The van der Waals surface area contributed by atoms with Crippen molar-refractivity contribution in [2.24, 2.45) is 5.41 Å². The molecule has 0 spiro atoms. The molecule has 1 aliphatic rings. The zero-order chi connectivity index (χ0) is 10.6. The third-order valence-corrected chi connectivity index (χ3v) is 2.21. The van der Waals surface area contributed by atoms with Crippen LogP contribution in [0.2, 0.25) is 0 Å². The van der Waals surface area contributed by atoms with Crippen LogP contribution in [-0.2, 0) is 0 Å². The van der Waals surface area contributed by atoms with Gasteiger partial charge in [0.15, 0.2) is 0 Å². The Morgan fingerprint density at radius 3 is 2.71 bits per heavy atom. The van der Waals surface area contributed by atoms with E-state index in [-0.39, 0.29) is 5.41 Å². The van der Waals surface area contributed by atoms with Gasteiger partial charge >= 0.3 is 0 Å². The summed E-state index contributed by atoms with van der Waals surface area (Å²) in [5, 5.41) is 6.40. The summed E-state index contributed by atoms with van der Waals surface area (Å²) in [4.78, 5) is 0. The molecule has 0 amide bonds. The predicted octanol–water partition coefficient (Wildman–Crippen LogP) is 2.18. The van der Waals surface area contributed by atoms with Crippen molar-refractivity contribution in [3.8, 4) is 0 Å². The lowest BCUT2D eigenvalue weighted by Crippen LogP contribution is -2.22. The average Bonchev–Trinajstić information content (AvgIpc) is 2.14. The Bertz CT molecular complexity index is 277. The number of dihydropyridines is 1. The summed E-state index contributed by atoms with van der Waals surface area (Å²) in [6, 6.07) is 0. The Balaban J connectivity index is 2.88. The summed E-state index contributed by atoms with van der Waals surface area (Å²) in [5.41, 5.74) is 2.77. The fourth-order valence-electron chi connectivity index (χ4n) is 1.48. The molecule has 0 radical (unpaired) electrons. The largest absolute Gasteiger partial charge is 0.362 e. The van der Waals surface area contributed by atoms with Crippen molar-refractivity contribution in [2.75, 3.05) is 13.6 Å². The smallest absolute Gasteiger partial charge is 0.0389 e. The molecule has 0 unspecified atom stereocenters. The van der Waals surface area contributed by atoms with Gasteiger partial charge in [-0.15, -0.1) is 0 Å². The van der Waals surface area contributed by atoms with E-state index in [1.807, 2.05) is 13.2 Å². The Labute approximate surface area is 86.8 Å². The van der Waals surface area contributed by atoms with Crippen molar-refractivity contribution in [3.05, 3.63) is 35.7 Å². The van der Waals surface area contributed by atoms with Crippen LogP contribution >= 0.6 is 0 Å². The Morgan fingerprint density at radius 2 is 2.14 bits per heavy atom. The molecule has 0 aromatic rings. The first-order valence-corrected chi connectivity index (χ1v) is 5.04. The van der Waals surface area contributed by atoms with Crippen molar-refractivity contribution in [1.29, 1.82) is 0 Å². The van der Waals surface area contributed by atoms with E-state index in [0.29, 0.717) is 0 Å². The zero-order valence-electron chi connectivity index (χ0n) is 9.52. The topological polar surface area (TPSA) is 24.1 Å². The first-order chi connectivity index (χ1) is 6.55. The van der Waals surface area contributed by atoms with Gasteiger partial charge in [0.2, 0.25) is 0 Å². The third-order valence-electron chi connectivity index (χ3n) is 2.21. The summed E-state index contributed by atoms with van der Waals surface area (Å²) >= 11 is 0. The Kier molecular flexibility index (Phi) is 3.53. The minimum absolute atomic E-state index is 0.192. The molecule has 0 bridgehead atoms. The van der Waals surface area contributed by atoms with E-state index in [4.69, 9.17) is 0 Å². The summed E-state index contributed by atoms with van der Waals surface area (Å²) < 4.78 is 0. The molecule has 2 nitrogen and oxygen atoms in total. The molecule has 0 saturated heterocycles. The molecule has 0 fully saturated rings. The highest BCUT2D eigenvalue weighted by Gasteiger charge is 2.20. The van der Waals surface area contributed by atoms with Crippen LogP contribution in [0.15, 0.2) is 35.7 Å². The van der Waals surface area contributed by atoms with Crippen LogP contribution in [0.4, 0.5) is 0 Å². The average molecular weight is 192 g/mol. The Morgan fingerprint density at radius 1 is 1.43 bits per heavy atom. The number of hydrogen-bond donors (Lipinski definition) is 2. The maximum atomic E-state index is 3.28. The van der Waals surface area contributed by atoms with Crippen LogP contribution < -0.4 is 10.6 Å². The van der Waals surface area contributed by atoms with E-state index >= 15 is 0 Å². The van der Waals surface area contributed by atoms with Crippen LogP contribution in [-0.4, -0.2) is 13.6 Å². The normalized spacial score (nSPS) is 19.4. The second-order valence-corrected chi connectivity index (χ2v) is 4.51. The third kappa shape index (κ3) is 2.74. The molecule has 1 aliphatic heterocycles. The van der Waals surface area contributed by atoms with Crippen LogP contribution in [0.5, 0.6) is 0 Å². The van der Waals surface area contributed by atoms with Gasteiger partial charge in [0, 0.05) is 18.4 Å². The molecule has 14 heavy (non-hydrogen) atoms. The van der Waals surface area contributed by atoms with E-state index in [1.54, 1.807) is 0 Å². The van der Waals surface area contributed by atoms with E-state index in [9.17, 15) is 0 Å². The summed E-state index contributed by atoms with van der Waals surface area (Å²) in [5.74, 6) is 0. The van der Waals surface area contributed by atoms with Gasteiger partial charge in [-0.3, -0.25) is 0 Å². The van der Waals surface area contributed by atoms with E-state index in [0.717, 1.165) is 6.54 Å². The minimum atomic E-state index is 0.192. The number of likely N-dealkylation sites (N-methyl/N-ethyl adjacent to an activating group) is 1. The molecule has 78 valence electrons. The summed E-state index contributed by atoms with van der Waals surface area (Å²) in [6.07, 6.45) is 8.38. The first-order valence-electron chi connectivity index (χ1n) is 5.04. The zero-order valence-corrected chi connectivity index (χ0v) is 9.52. The highest BCUT2D eigenvalue weighted by atomic mass is 14.9. The van der Waals surface area contributed by atoms with Gasteiger partial charge in [-0.1, -0.05) is 26.8 Å². The monoisotopic (exact) mass is 192 g/mol. The lowest BCUT2D eigenvalue weighted by atomic mass is 9.83. The van der Waals surface area contributed by atoms with Crippen LogP contribution in [0.25, 0.3) is 0 Å². The molecular formula is C12H20N2. The molecule has 2 heteroatoms. The van der Waals surface area contributed by atoms with Crippen molar-refractivity contribution in [3.63, 3.8) is 0 Å². The van der Waals surface area contributed by atoms with Gasteiger partial charge in [-0.2, -0.15) is 0 Å². The number of rotatable bonds is 2. The maximum absolute atomic E-state index is 3.28. The minimum Gasteiger partial charge on any atom is -0.362 e. The maximum Gasteiger partial charge on any atom is 0.0389 e. The van der Waals surface area contributed by atoms with Gasteiger partial charge in [0.05, 0.1) is 0 Å². The molecule has 0 aliphatic carbocycles. The second kappa shape index (κ2) is 4.47. The first kappa shape index (κ1) is 11.1. The molecule has 0 atom stereocenters. The SMILES string of the molecule is CNC/C=C1\NC=CC=C1C(C)(C)C. The fraction of sp³-hybridized carbons (Fsp3) is 0.500. The van der Waals surface area contributed by atoms with Crippen molar-refractivity contribution in [1.82, 2.24) is 10.6 Å². The summed E-state index contributed by atoms with van der Waals surface area (Å²) in [7, 11) is 1.95. The number of hydrogen-bond acceptors (Lipinski definition) is 2. The van der Waals surface area contributed by atoms with Gasteiger partial charge in [-0.05, 0) is 30.2 Å². The quantitative estimate of drug-likeness (QED) is 0.700. The van der Waals surface area contributed by atoms with Gasteiger partial charge < -0.3 is 10.6 Å². The molecule has 1 rings (SSSR count). The molecule has 1 heterocycles. The van der Waals surface area contributed by atoms with Gasteiger partial charge in [0.25, 0.3) is 0 Å². The van der Waals surface area contributed by atoms with Crippen LogP contribution in [0.1, 0.15) is 20.8 Å². The van der Waals surface area contributed by atoms with Gasteiger partial charge in [0.1, 0.15) is 0 Å². The lowest BCUT2D eigenvalue weighted by molar-refractivity contribution is 0.503. The van der Waals surface area contributed by atoms with Crippen LogP contribution in [0.3, 0.4) is 0 Å². The number of nitrogens with one attached hydrogen (secondary N) is 2. The molecule has 0 aromatic carbocycles. The van der Waals surface area contributed by atoms with E-state index in [1.165, 1.54) is 11.3 Å². The number of allylic oxidation sites excluding steroid dienone is 3. The van der Waals surface area contributed by atoms with Crippen molar-refractivity contribution >= 4 is 0 Å². The highest BCUT2D eigenvalue weighted by Crippen LogP contribution is 2.31.